The molecule has 0 saturated carbocycles. The first-order valence-corrected chi connectivity index (χ1v) is 10.7. The van der Waals surface area contributed by atoms with Gasteiger partial charge < -0.3 is 14.6 Å². The highest BCUT2D eigenvalue weighted by atomic mass is 32.2. The molecule has 0 fully saturated rings. The van der Waals surface area contributed by atoms with E-state index in [-0.39, 0.29) is 17.1 Å². The van der Waals surface area contributed by atoms with Crippen LogP contribution in [-0.4, -0.2) is 33.5 Å². The van der Waals surface area contributed by atoms with Crippen molar-refractivity contribution in [2.45, 2.75) is 38.3 Å². The Kier molecular flexibility index (Phi) is 6.51. The Morgan fingerprint density at radius 2 is 1.83 bits per heavy atom. The Hall–Kier alpha value is -2.80. The normalized spacial score (nSPS) is 11.4. The summed E-state index contributed by atoms with van der Waals surface area (Å²) < 4.78 is 7.23. The Labute approximate surface area is 182 Å². The fraction of sp³-hybridized carbons (Fsp3) is 0.348. The molecule has 1 heterocycles. The summed E-state index contributed by atoms with van der Waals surface area (Å²) in [6, 6.07) is 14.1. The minimum absolute atomic E-state index is 0.104. The second-order valence-corrected chi connectivity index (χ2v) is 9.18. The molecule has 1 N–H and O–H groups in total. The van der Waals surface area contributed by atoms with E-state index >= 15 is 0 Å². The Balaban J connectivity index is 1.67. The number of nitrogens with zero attached hydrogens (tertiary/aromatic N) is 3. The van der Waals surface area contributed by atoms with Crippen LogP contribution in [0.4, 0.5) is 5.69 Å². The van der Waals surface area contributed by atoms with E-state index in [1.807, 2.05) is 36.7 Å². The topological polar surface area (TPSA) is 69.0 Å². The molecule has 0 aliphatic rings. The van der Waals surface area contributed by atoms with Crippen LogP contribution in [0.3, 0.4) is 0 Å². The Morgan fingerprint density at radius 3 is 2.47 bits per heavy atom. The average molecular weight is 425 g/mol. The quantitative estimate of drug-likeness (QED) is 0.574. The SMILES string of the molecule is COc1ccc(C)cc1NC(=O)CSc1nnc(-c2ccc(C(C)(C)C)cc2)n1C. The molecule has 3 rings (SSSR count). The van der Waals surface area contributed by atoms with E-state index in [9.17, 15) is 4.79 Å². The van der Waals surface area contributed by atoms with Crippen LogP contribution in [0.25, 0.3) is 11.4 Å². The number of hydrogen-bond donors (Lipinski definition) is 1. The van der Waals surface area contributed by atoms with E-state index in [4.69, 9.17) is 4.74 Å². The summed E-state index contributed by atoms with van der Waals surface area (Å²) in [5.74, 6) is 1.52. The summed E-state index contributed by atoms with van der Waals surface area (Å²) in [4.78, 5) is 12.4. The predicted molar refractivity (Wildman–Crippen MR) is 122 cm³/mol. The fourth-order valence-corrected chi connectivity index (χ4v) is 3.76. The van der Waals surface area contributed by atoms with Crippen LogP contribution in [-0.2, 0) is 17.3 Å². The van der Waals surface area contributed by atoms with Gasteiger partial charge in [0.15, 0.2) is 11.0 Å². The highest BCUT2D eigenvalue weighted by Crippen LogP contribution is 2.28. The van der Waals surface area contributed by atoms with Crippen molar-refractivity contribution in [2.24, 2.45) is 7.05 Å². The molecule has 0 atom stereocenters. The number of thioether (sulfide) groups is 1. The zero-order valence-electron chi connectivity index (χ0n) is 18.3. The van der Waals surface area contributed by atoms with Crippen molar-refractivity contribution in [2.75, 3.05) is 18.2 Å². The van der Waals surface area contributed by atoms with Crippen molar-refractivity contribution in [3.8, 4) is 17.1 Å². The molecule has 0 bridgehead atoms. The van der Waals surface area contributed by atoms with Crippen LogP contribution >= 0.6 is 11.8 Å². The number of carbonyl (C=O) groups excluding carboxylic acids is 1. The van der Waals surface area contributed by atoms with Crippen LogP contribution in [0.2, 0.25) is 0 Å². The largest absolute Gasteiger partial charge is 0.495 e. The van der Waals surface area contributed by atoms with Crippen LogP contribution in [0.1, 0.15) is 31.9 Å². The highest BCUT2D eigenvalue weighted by molar-refractivity contribution is 7.99. The molecule has 0 spiro atoms. The maximum absolute atomic E-state index is 12.4. The van der Waals surface area contributed by atoms with Gasteiger partial charge in [0, 0.05) is 12.6 Å². The molecular weight excluding hydrogens is 396 g/mol. The highest BCUT2D eigenvalue weighted by Gasteiger charge is 2.16. The summed E-state index contributed by atoms with van der Waals surface area (Å²) in [5, 5.41) is 12.2. The van der Waals surface area contributed by atoms with Crippen molar-refractivity contribution >= 4 is 23.4 Å². The van der Waals surface area contributed by atoms with Gasteiger partial charge in [0.2, 0.25) is 5.91 Å². The first kappa shape index (κ1) is 21.9. The molecule has 30 heavy (non-hydrogen) atoms. The van der Waals surface area contributed by atoms with Crippen LogP contribution in [0.5, 0.6) is 5.75 Å². The smallest absolute Gasteiger partial charge is 0.234 e. The molecule has 2 aromatic carbocycles. The lowest BCUT2D eigenvalue weighted by molar-refractivity contribution is -0.113. The molecule has 0 saturated heterocycles. The maximum Gasteiger partial charge on any atom is 0.234 e. The number of rotatable bonds is 6. The van der Waals surface area contributed by atoms with Crippen LogP contribution in [0, 0.1) is 6.92 Å². The number of aromatic nitrogens is 3. The number of nitrogens with one attached hydrogen (secondary N) is 1. The van der Waals surface area contributed by atoms with Gasteiger partial charge in [0.25, 0.3) is 0 Å². The van der Waals surface area contributed by atoms with E-state index in [0.717, 1.165) is 17.0 Å². The van der Waals surface area contributed by atoms with Gasteiger partial charge >= 0.3 is 0 Å². The lowest BCUT2D eigenvalue weighted by Crippen LogP contribution is -2.15. The minimum Gasteiger partial charge on any atom is -0.495 e. The number of amides is 1. The maximum atomic E-state index is 12.4. The second-order valence-electron chi connectivity index (χ2n) is 8.23. The zero-order valence-corrected chi connectivity index (χ0v) is 19.1. The van der Waals surface area contributed by atoms with Crippen molar-refractivity contribution in [1.29, 1.82) is 0 Å². The molecule has 1 amide bonds. The lowest BCUT2D eigenvalue weighted by Gasteiger charge is -2.19. The van der Waals surface area contributed by atoms with Gasteiger partial charge in [-0.2, -0.15) is 0 Å². The molecule has 1 aromatic heterocycles. The third kappa shape index (κ3) is 5.02. The van der Waals surface area contributed by atoms with E-state index in [1.54, 1.807) is 7.11 Å². The van der Waals surface area contributed by atoms with Gasteiger partial charge in [0.05, 0.1) is 18.6 Å². The summed E-state index contributed by atoms with van der Waals surface area (Å²) in [7, 11) is 3.50. The van der Waals surface area contributed by atoms with Gasteiger partial charge in [-0.1, -0.05) is 62.9 Å². The van der Waals surface area contributed by atoms with Crippen molar-refractivity contribution in [3.63, 3.8) is 0 Å². The number of benzene rings is 2. The summed E-state index contributed by atoms with van der Waals surface area (Å²) >= 11 is 1.35. The van der Waals surface area contributed by atoms with Gasteiger partial charge in [0.1, 0.15) is 5.75 Å². The number of carbonyl (C=O) groups is 1. The molecule has 158 valence electrons. The van der Waals surface area contributed by atoms with Crippen LogP contribution in [0.15, 0.2) is 47.6 Å². The molecule has 7 heteroatoms. The molecular formula is C23H28N4O2S. The van der Waals surface area contributed by atoms with Gasteiger partial charge in [-0.15, -0.1) is 10.2 Å². The van der Waals surface area contributed by atoms with Gasteiger partial charge in [-0.05, 0) is 35.6 Å². The molecule has 0 aliphatic heterocycles. The van der Waals surface area contributed by atoms with E-state index in [0.29, 0.717) is 16.6 Å². The van der Waals surface area contributed by atoms with Crippen molar-refractivity contribution < 1.29 is 9.53 Å². The standard InChI is InChI=1S/C23H28N4O2S/c1-15-7-12-19(29-6)18(13-15)24-20(28)14-30-22-26-25-21(27(22)5)16-8-10-17(11-9-16)23(2,3)4/h7-13H,14H2,1-6H3,(H,24,28). The molecule has 0 unspecified atom stereocenters. The van der Waals surface area contributed by atoms with E-state index in [2.05, 4.69) is 60.6 Å². The van der Waals surface area contributed by atoms with Crippen LogP contribution < -0.4 is 10.1 Å². The second kappa shape index (κ2) is 8.92. The first-order valence-electron chi connectivity index (χ1n) is 9.76. The monoisotopic (exact) mass is 424 g/mol. The number of ether oxygens (including phenoxy) is 1. The first-order chi connectivity index (χ1) is 14.2. The van der Waals surface area contributed by atoms with Gasteiger partial charge in [-0.3, -0.25) is 4.79 Å². The van der Waals surface area contributed by atoms with E-state index in [1.165, 1.54) is 17.3 Å². The number of hydrogen-bond acceptors (Lipinski definition) is 5. The zero-order chi connectivity index (χ0) is 21.9. The fourth-order valence-electron chi connectivity index (χ4n) is 3.05. The third-order valence-corrected chi connectivity index (χ3v) is 5.83. The van der Waals surface area contributed by atoms with Gasteiger partial charge in [-0.25, -0.2) is 0 Å². The minimum atomic E-state index is -0.122. The summed E-state index contributed by atoms with van der Waals surface area (Å²) in [5.41, 5.74) is 4.09. The summed E-state index contributed by atoms with van der Waals surface area (Å²) in [6.45, 7) is 8.54. The molecule has 0 radical (unpaired) electrons. The molecule has 3 aromatic rings. The van der Waals surface area contributed by atoms with Crippen molar-refractivity contribution in [3.05, 3.63) is 53.6 Å². The number of methoxy groups -OCH3 is 1. The predicted octanol–water partition coefficient (Wildman–Crippen LogP) is 4.83. The van der Waals surface area contributed by atoms with Crippen molar-refractivity contribution in [1.82, 2.24) is 14.8 Å². The average Bonchev–Trinajstić information content (AvgIpc) is 3.06. The summed E-state index contributed by atoms with van der Waals surface area (Å²) in [6.07, 6.45) is 0. The molecule has 0 aliphatic carbocycles. The Morgan fingerprint density at radius 1 is 1.13 bits per heavy atom. The number of anilines is 1. The third-order valence-electron chi connectivity index (χ3n) is 4.81. The number of aryl methyl sites for hydroxylation is 1. The lowest BCUT2D eigenvalue weighted by atomic mass is 9.87. The van der Waals surface area contributed by atoms with E-state index < -0.39 is 0 Å². The Bertz CT molecular complexity index is 1040. The molecule has 6 nitrogen and oxygen atoms in total.